The van der Waals surface area contributed by atoms with Gasteiger partial charge in [-0.2, -0.15) is 5.10 Å². The van der Waals surface area contributed by atoms with E-state index >= 15 is 0 Å². The summed E-state index contributed by atoms with van der Waals surface area (Å²) < 4.78 is 53.4. The molecular formula is C23H24N4O6S. The highest BCUT2D eigenvalue weighted by Crippen LogP contribution is 2.42. The van der Waals surface area contributed by atoms with Crippen molar-refractivity contribution in [2.45, 2.75) is 30.7 Å². The molecule has 0 bridgehead atoms. The second-order valence-electron chi connectivity index (χ2n) is 7.85. The van der Waals surface area contributed by atoms with Crippen LogP contribution >= 0.6 is 0 Å². The van der Waals surface area contributed by atoms with Crippen LogP contribution in [-0.2, 0) is 23.0 Å². The van der Waals surface area contributed by atoms with Gasteiger partial charge in [-0.3, -0.25) is 9.40 Å². The molecule has 0 saturated carbocycles. The van der Waals surface area contributed by atoms with Gasteiger partial charge in [0.1, 0.15) is 22.6 Å². The Morgan fingerprint density at radius 3 is 2.65 bits per heavy atom. The molecule has 1 aliphatic rings. The number of fused-ring (bicyclic) bond motifs is 3. The van der Waals surface area contributed by atoms with E-state index in [1.807, 2.05) is 23.0 Å². The molecule has 11 heteroatoms. The zero-order chi connectivity index (χ0) is 23.7. The van der Waals surface area contributed by atoms with Gasteiger partial charge < -0.3 is 18.7 Å². The summed E-state index contributed by atoms with van der Waals surface area (Å²) in [4.78, 5) is -0.126. The number of methoxy groups -OCH3 is 2. The minimum atomic E-state index is -4.14. The third kappa shape index (κ3) is 3.92. The van der Waals surface area contributed by atoms with Crippen LogP contribution in [-0.4, -0.2) is 44.2 Å². The molecule has 0 radical (unpaired) electrons. The number of hydrogen-bond donors (Lipinski definition) is 1. The van der Waals surface area contributed by atoms with Crippen molar-refractivity contribution in [3.8, 4) is 17.2 Å². The minimum Gasteiger partial charge on any atom is -0.495 e. The van der Waals surface area contributed by atoms with Crippen LogP contribution in [0.15, 0.2) is 52.1 Å². The molecule has 34 heavy (non-hydrogen) atoms. The SMILES string of the molecule is COc1cccc(OC)c1S(=O)(=O)Nc1noc2cc(Cn3cccn3)c3c(c12)OCCCC3. The fourth-order valence-corrected chi connectivity index (χ4v) is 5.54. The summed E-state index contributed by atoms with van der Waals surface area (Å²) in [6, 6.07) is 8.49. The zero-order valence-corrected chi connectivity index (χ0v) is 19.6. The summed E-state index contributed by atoms with van der Waals surface area (Å²) in [5, 5.41) is 8.83. The maximum Gasteiger partial charge on any atom is 0.270 e. The number of aromatic nitrogens is 3. The molecule has 0 saturated heterocycles. The lowest BCUT2D eigenvalue weighted by Gasteiger charge is -2.16. The molecule has 10 nitrogen and oxygen atoms in total. The van der Waals surface area contributed by atoms with Crippen LogP contribution in [0.1, 0.15) is 24.0 Å². The van der Waals surface area contributed by atoms with E-state index in [1.54, 1.807) is 24.4 Å². The van der Waals surface area contributed by atoms with Gasteiger partial charge in [-0.1, -0.05) is 11.2 Å². The van der Waals surface area contributed by atoms with Crippen molar-refractivity contribution >= 4 is 26.8 Å². The Kier molecular flexibility index (Phi) is 5.78. The second-order valence-corrected chi connectivity index (χ2v) is 9.47. The highest BCUT2D eigenvalue weighted by molar-refractivity contribution is 7.93. The van der Waals surface area contributed by atoms with Crippen LogP contribution in [0.2, 0.25) is 0 Å². The minimum absolute atomic E-state index is 0.0479. The molecule has 0 fully saturated rings. The highest BCUT2D eigenvalue weighted by Gasteiger charge is 2.29. The van der Waals surface area contributed by atoms with Crippen LogP contribution in [0.4, 0.5) is 5.82 Å². The summed E-state index contributed by atoms with van der Waals surface area (Å²) in [6.07, 6.45) is 6.24. The number of benzene rings is 2. The van der Waals surface area contributed by atoms with E-state index in [0.29, 0.717) is 29.9 Å². The van der Waals surface area contributed by atoms with Crippen molar-refractivity contribution in [3.05, 3.63) is 53.9 Å². The molecule has 0 atom stereocenters. The van der Waals surface area contributed by atoms with Gasteiger partial charge in [0.15, 0.2) is 16.3 Å². The van der Waals surface area contributed by atoms with Gasteiger partial charge in [0.25, 0.3) is 10.0 Å². The van der Waals surface area contributed by atoms with E-state index in [4.69, 9.17) is 18.7 Å². The van der Waals surface area contributed by atoms with Crippen LogP contribution in [0.5, 0.6) is 17.2 Å². The molecular weight excluding hydrogens is 460 g/mol. The van der Waals surface area contributed by atoms with E-state index in [0.717, 1.165) is 30.4 Å². The molecule has 1 N–H and O–H groups in total. The number of ether oxygens (including phenoxy) is 3. The average molecular weight is 485 g/mol. The van der Waals surface area contributed by atoms with E-state index < -0.39 is 10.0 Å². The summed E-state index contributed by atoms with van der Waals surface area (Å²) in [7, 11) is -1.35. The van der Waals surface area contributed by atoms with Gasteiger partial charge in [0.05, 0.1) is 27.4 Å². The molecule has 0 unspecified atom stereocenters. The number of nitrogens with one attached hydrogen (secondary N) is 1. The fourth-order valence-electron chi connectivity index (χ4n) is 4.21. The Morgan fingerprint density at radius 1 is 1.15 bits per heavy atom. The van der Waals surface area contributed by atoms with E-state index in [1.165, 1.54) is 14.2 Å². The zero-order valence-electron chi connectivity index (χ0n) is 18.8. The molecule has 2 aromatic carbocycles. The third-order valence-electron chi connectivity index (χ3n) is 5.75. The van der Waals surface area contributed by atoms with Gasteiger partial charge in [-0.05, 0) is 49.1 Å². The van der Waals surface area contributed by atoms with Crippen LogP contribution in [0.25, 0.3) is 11.0 Å². The molecule has 2 aromatic heterocycles. The quantitative estimate of drug-likeness (QED) is 0.423. The van der Waals surface area contributed by atoms with Gasteiger partial charge in [0, 0.05) is 18.0 Å². The fraction of sp³-hybridized carbons (Fsp3) is 0.304. The maximum absolute atomic E-state index is 13.4. The van der Waals surface area contributed by atoms with Crippen molar-refractivity contribution in [1.82, 2.24) is 14.9 Å². The van der Waals surface area contributed by atoms with Gasteiger partial charge in [-0.15, -0.1) is 0 Å². The first-order chi connectivity index (χ1) is 16.5. The number of anilines is 1. The normalized spacial score (nSPS) is 13.7. The topological polar surface area (TPSA) is 118 Å². The molecule has 1 aliphatic heterocycles. The number of hydrogen-bond acceptors (Lipinski definition) is 8. The highest BCUT2D eigenvalue weighted by atomic mass is 32.2. The van der Waals surface area contributed by atoms with Crippen molar-refractivity contribution < 1.29 is 27.2 Å². The summed E-state index contributed by atoms with van der Waals surface area (Å²) in [6.45, 7) is 1.06. The third-order valence-corrected chi connectivity index (χ3v) is 7.16. The Balaban J connectivity index is 1.62. The Hall–Kier alpha value is -3.73. The van der Waals surface area contributed by atoms with E-state index in [9.17, 15) is 8.42 Å². The maximum atomic E-state index is 13.4. The molecule has 3 heterocycles. The lowest BCUT2D eigenvalue weighted by Crippen LogP contribution is -2.16. The van der Waals surface area contributed by atoms with Crippen molar-refractivity contribution in [3.63, 3.8) is 0 Å². The van der Waals surface area contributed by atoms with Crippen LogP contribution in [0, 0.1) is 0 Å². The van der Waals surface area contributed by atoms with Crippen molar-refractivity contribution in [1.29, 1.82) is 0 Å². The first-order valence-corrected chi connectivity index (χ1v) is 12.3. The summed E-state index contributed by atoms with van der Waals surface area (Å²) >= 11 is 0. The number of sulfonamides is 1. The largest absolute Gasteiger partial charge is 0.495 e. The Labute approximate surface area is 196 Å². The predicted molar refractivity (Wildman–Crippen MR) is 124 cm³/mol. The van der Waals surface area contributed by atoms with Gasteiger partial charge in [0.2, 0.25) is 0 Å². The van der Waals surface area contributed by atoms with E-state index in [-0.39, 0.29) is 22.2 Å². The van der Waals surface area contributed by atoms with Crippen molar-refractivity contribution in [2.24, 2.45) is 0 Å². The first-order valence-electron chi connectivity index (χ1n) is 10.8. The molecule has 5 rings (SSSR count). The van der Waals surface area contributed by atoms with Gasteiger partial charge in [-0.25, -0.2) is 8.42 Å². The molecule has 0 amide bonds. The smallest absolute Gasteiger partial charge is 0.270 e. The Morgan fingerprint density at radius 2 is 1.94 bits per heavy atom. The van der Waals surface area contributed by atoms with Crippen LogP contribution < -0.4 is 18.9 Å². The molecule has 178 valence electrons. The first kappa shape index (κ1) is 22.1. The summed E-state index contributed by atoms with van der Waals surface area (Å²) in [5.41, 5.74) is 2.41. The van der Waals surface area contributed by atoms with Crippen molar-refractivity contribution in [2.75, 3.05) is 25.5 Å². The number of rotatable bonds is 7. The second kappa shape index (κ2) is 8.90. The molecule has 0 aliphatic carbocycles. The lowest BCUT2D eigenvalue weighted by atomic mass is 9.99. The molecule has 4 aromatic rings. The average Bonchev–Trinajstić information content (AvgIpc) is 3.41. The standard InChI is InChI=1S/C23H24N4O6S/c1-30-17-8-5-9-18(31-2)22(17)34(28,29)26-23-20-19(33-25-23)13-15(14-27-11-6-10-24-27)16-7-3-4-12-32-21(16)20/h5-6,8-11,13H,3-4,7,12,14H2,1-2H3,(H,25,26). The Bertz CT molecular complexity index is 1410. The predicted octanol–water partition coefficient (Wildman–Crippen LogP) is 3.61. The van der Waals surface area contributed by atoms with E-state index in [2.05, 4.69) is 15.0 Å². The number of nitrogens with zero attached hydrogens (tertiary/aromatic N) is 3. The molecule has 0 spiro atoms. The summed E-state index contributed by atoms with van der Waals surface area (Å²) in [5.74, 6) is 0.933. The lowest BCUT2D eigenvalue weighted by molar-refractivity contribution is 0.320. The van der Waals surface area contributed by atoms with Gasteiger partial charge >= 0.3 is 0 Å². The monoisotopic (exact) mass is 484 g/mol. The van der Waals surface area contributed by atoms with Crippen LogP contribution in [0.3, 0.4) is 0 Å².